The zero-order chi connectivity index (χ0) is 13.3. The Hall–Kier alpha value is -1.26. The molecule has 0 spiro atoms. The Bertz CT molecular complexity index is 462. The van der Waals surface area contributed by atoms with Crippen LogP contribution >= 0.6 is 11.6 Å². The van der Waals surface area contributed by atoms with Crippen LogP contribution in [0.3, 0.4) is 0 Å². The van der Waals surface area contributed by atoms with Crippen molar-refractivity contribution in [1.29, 1.82) is 0 Å². The number of carbonyl (C=O) groups is 1. The van der Waals surface area contributed by atoms with E-state index in [0.29, 0.717) is 10.6 Å². The number of primary amides is 1. The Morgan fingerprint density at radius 1 is 1.61 bits per heavy atom. The number of nitrogens with two attached hydrogens (primary N) is 1. The molecule has 1 amide bonds. The number of carbonyl (C=O) groups excluding carboxylic acids is 1. The Morgan fingerprint density at radius 2 is 2.33 bits per heavy atom. The van der Waals surface area contributed by atoms with Crippen molar-refractivity contribution in [2.75, 3.05) is 11.4 Å². The van der Waals surface area contributed by atoms with Crippen molar-refractivity contribution in [3.63, 3.8) is 0 Å². The van der Waals surface area contributed by atoms with Crippen molar-refractivity contribution < 1.29 is 9.90 Å². The lowest BCUT2D eigenvalue weighted by atomic mass is 10.1. The molecule has 1 aromatic rings. The van der Waals surface area contributed by atoms with E-state index in [1.54, 1.807) is 19.1 Å². The molecule has 4 nitrogen and oxygen atoms in total. The number of benzene rings is 1. The minimum Gasteiger partial charge on any atom is -0.389 e. The van der Waals surface area contributed by atoms with Gasteiger partial charge in [-0.2, -0.15) is 0 Å². The van der Waals surface area contributed by atoms with Crippen LogP contribution < -0.4 is 10.6 Å². The second-order valence-electron chi connectivity index (χ2n) is 4.64. The minimum absolute atomic E-state index is 0.251. The van der Waals surface area contributed by atoms with Crippen LogP contribution in [0.2, 0.25) is 5.02 Å². The standard InChI is InChI=1S/C13H17ClN2O2/c1-8(17)10-5-4-9(7-11(10)14)16-6-2-3-12(16)13(15)18/h4-5,7-8,12,17H,2-3,6H2,1H3,(H2,15,18). The molecule has 0 aliphatic carbocycles. The molecular weight excluding hydrogens is 252 g/mol. The van der Waals surface area contributed by atoms with Crippen molar-refractivity contribution in [2.45, 2.75) is 31.9 Å². The molecular formula is C13H17ClN2O2. The third-order valence-electron chi connectivity index (χ3n) is 3.35. The number of hydrogen-bond donors (Lipinski definition) is 2. The Kier molecular flexibility index (Phi) is 3.78. The van der Waals surface area contributed by atoms with Gasteiger partial charge in [-0.05, 0) is 37.5 Å². The minimum atomic E-state index is -0.600. The molecule has 3 N–H and O–H groups in total. The van der Waals surface area contributed by atoms with Gasteiger partial charge in [0.25, 0.3) is 0 Å². The highest BCUT2D eigenvalue weighted by Gasteiger charge is 2.29. The fraction of sp³-hybridized carbons (Fsp3) is 0.462. The Balaban J connectivity index is 2.29. The van der Waals surface area contributed by atoms with Gasteiger partial charge in [-0.1, -0.05) is 17.7 Å². The topological polar surface area (TPSA) is 66.6 Å². The van der Waals surface area contributed by atoms with Gasteiger partial charge in [0.2, 0.25) is 5.91 Å². The van der Waals surface area contributed by atoms with Crippen molar-refractivity contribution >= 4 is 23.2 Å². The van der Waals surface area contributed by atoms with E-state index in [2.05, 4.69) is 0 Å². The SMILES string of the molecule is CC(O)c1ccc(N2CCCC2C(N)=O)cc1Cl. The first-order valence-electron chi connectivity index (χ1n) is 6.04. The van der Waals surface area contributed by atoms with Gasteiger partial charge in [-0.15, -0.1) is 0 Å². The number of amides is 1. The third kappa shape index (κ3) is 2.44. The van der Waals surface area contributed by atoms with Gasteiger partial charge < -0.3 is 15.7 Å². The van der Waals surface area contributed by atoms with Crippen molar-refractivity contribution in [1.82, 2.24) is 0 Å². The second kappa shape index (κ2) is 5.16. The van der Waals surface area contributed by atoms with Gasteiger partial charge >= 0.3 is 0 Å². The van der Waals surface area contributed by atoms with E-state index in [1.165, 1.54) is 0 Å². The van der Waals surface area contributed by atoms with Crippen LogP contribution in [0, 0.1) is 0 Å². The molecule has 0 aromatic heterocycles. The fourth-order valence-electron chi connectivity index (χ4n) is 2.41. The normalized spacial score (nSPS) is 21.1. The van der Waals surface area contributed by atoms with Crippen LogP contribution in [0.15, 0.2) is 18.2 Å². The Labute approximate surface area is 111 Å². The molecule has 1 heterocycles. The lowest BCUT2D eigenvalue weighted by molar-refractivity contribution is -0.119. The van der Waals surface area contributed by atoms with Crippen molar-refractivity contribution in [3.05, 3.63) is 28.8 Å². The van der Waals surface area contributed by atoms with Crippen molar-refractivity contribution in [3.8, 4) is 0 Å². The summed E-state index contributed by atoms with van der Waals surface area (Å²) in [4.78, 5) is 13.3. The summed E-state index contributed by atoms with van der Waals surface area (Å²) in [6.07, 6.45) is 1.13. The van der Waals surface area contributed by atoms with Crippen LogP contribution in [0.4, 0.5) is 5.69 Å². The maximum atomic E-state index is 11.4. The van der Waals surface area contributed by atoms with E-state index in [-0.39, 0.29) is 11.9 Å². The highest BCUT2D eigenvalue weighted by Crippen LogP contribution is 2.31. The molecule has 1 saturated heterocycles. The molecule has 0 radical (unpaired) electrons. The monoisotopic (exact) mass is 268 g/mol. The number of halogens is 1. The van der Waals surface area contributed by atoms with E-state index in [0.717, 1.165) is 25.1 Å². The van der Waals surface area contributed by atoms with E-state index in [9.17, 15) is 9.90 Å². The molecule has 0 saturated carbocycles. The van der Waals surface area contributed by atoms with Crippen LogP contribution in [0.1, 0.15) is 31.4 Å². The number of anilines is 1. The quantitative estimate of drug-likeness (QED) is 0.879. The molecule has 18 heavy (non-hydrogen) atoms. The fourth-order valence-corrected chi connectivity index (χ4v) is 2.74. The number of aliphatic hydroxyl groups is 1. The molecule has 98 valence electrons. The van der Waals surface area contributed by atoms with Crippen molar-refractivity contribution in [2.24, 2.45) is 5.73 Å². The summed E-state index contributed by atoms with van der Waals surface area (Å²) < 4.78 is 0. The molecule has 5 heteroatoms. The summed E-state index contributed by atoms with van der Waals surface area (Å²) in [6.45, 7) is 2.47. The van der Waals surface area contributed by atoms with E-state index in [4.69, 9.17) is 17.3 Å². The summed E-state index contributed by atoms with van der Waals surface area (Å²) >= 11 is 6.13. The van der Waals surface area contributed by atoms with Crippen LogP contribution in [-0.4, -0.2) is 23.6 Å². The Morgan fingerprint density at radius 3 is 2.89 bits per heavy atom. The zero-order valence-corrected chi connectivity index (χ0v) is 11.0. The first-order chi connectivity index (χ1) is 8.50. The van der Waals surface area contributed by atoms with Crippen LogP contribution in [0.25, 0.3) is 0 Å². The van der Waals surface area contributed by atoms with E-state index in [1.807, 2.05) is 11.0 Å². The van der Waals surface area contributed by atoms with Crippen LogP contribution in [0.5, 0.6) is 0 Å². The average molecular weight is 269 g/mol. The third-order valence-corrected chi connectivity index (χ3v) is 3.67. The first-order valence-corrected chi connectivity index (χ1v) is 6.42. The second-order valence-corrected chi connectivity index (χ2v) is 5.04. The molecule has 2 unspecified atom stereocenters. The zero-order valence-electron chi connectivity index (χ0n) is 10.3. The van der Waals surface area contributed by atoms with Gasteiger partial charge in [-0.3, -0.25) is 4.79 Å². The maximum Gasteiger partial charge on any atom is 0.240 e. The van der Waals surface area contributed by atoms with Gasteiger partial charge in [0.05, 0.1) is 6.10 Å². The molecule has 1 aliphatic heterocycles. The highest BCUT2D eigenvalue weighted by molar-refractivity contribution is 6.31. The van der Waals surface area contributed by atoms with Gasteiger partial charge in [0.1, 0.15) is 6.04 Å². The van der Waals surface area contributed by atoms with Gasteiger partial charge in [0, 0.05) is 17.3 Å². The number of aliphatic hydroxyl groups excluding tert-OH is 1. The van der Waals surface area contributed by atoms with E-state index >= 15 is 0 Å². The predicted molar refractivity (Wildman–Crippen MR) is 71.6 cm³/mol. The largest absolute Gasteiger partial charge is 0.389 e. The molecule has 1 fully saturated rings. The van der Waals surface area contributed by atoms with Gasteiger partial charge in [0.15, 0.2) is 0 Å². The smallest absolute Gasteiger partial charge is 0.240 e. The number of hydrogen-bond acceptors (Lipinski definition) is 3. The summed E-state index contributed by atoms with van der Waals surface area (Å²) in [7, 11) is 0. The first kappa shape index (κ1) is 13.2. The summed E-state index contributed by atoms with van der Waals surface area (Å²) in [6, 6.07) is 5.19. The average Bonchev–Trinajstić information content (AvgIpc) is 2.77. The molecule has 1 aromatic carbocycles. The molecule has 2 atom stereocenters. The highest BCUT2D eigenvalue weighted by atomic mass is 35.5. The van der Waals surface area contributed by atoms with E-state index < -0.39 is 6.10 Å². The predicted octanol–water partition coefficient (Wildman–Crippen LogP) is 1.85. The van der Waals surface area contributed by atoms with Gasteiger partial charge in [-0.25, -0.2) is 0 Å². The maximum absolute atomic E-state index is 11.4. The summed E-state index contributed by atoms with van der Waals surface area (Å²) in [5.41, 5.74) is 6.96. The number of rotatable bonds is 3. The van der Waals surface area contributed by atoms with Crippen LogP contribution in [-0.2, 0) is 4.79 Å². The lowest BCUT2D eigenvalue weighted by Gasteiger charge is -2.25. The number of nitrogens with zero attached hydrogens (tertiary/aromatic N) is 1. The molecule has 0 bridgehead atoms. The molecule has 1 aliphatic rings. The lowest BCUT2D eigenvalue weighted by Crippen LogP contribution is -2.40. The summed E-state index contributed by atoms with van der Waals surface area (Å²) in [5, 5.41) is 10.0. The molecule has 2 rings (SSSR count). The summed E-state index contributed by atoms with van der Waals surface area (Å²) in [5.74, 6) is -0.303.